The third-order valence-electron chi connectivity index (χ3n) is 2.56. The molecular weight excluding hydrogens is 340 g/mol. The lowest BCUT2D eigenvalue weighted by Crippen LogP contribution is -1.94. The van der Waals surface area contributed by atoms with Crippen LogP contribution in [0.15, 0.2) is 56.7 Å². The third kappa shape index (κ3) is 2.63. The molecule has 7 heteroatoms. The summed E-state index contributed by atoms with van der Waals surface area (Å²) in [7, 11) is 0. The Morgan fingerprint density at radius 2 is 2.25 bits per heavy atom. The zero-order valence-corrected chi connectivity index (χ0v) is 12.6. The van der Waals surface area contributed by atoms with Crippen molar-refractivity contribution in [1.82, 2.24) is 14.9 Å². The zero-order chi connectivity index (χ0) is 13.9. The minimum atomic E-state index is 0.405. The highest BCUT2D eigenvalue weighted by Gasteiger charge is 2.10. The zero-order valence-electron chi connectivity index (χ0n) is 10.2. The van der Waals surface area contributed by atoms with Gasteiger partial charge < -0.3 is 4.42 Å². The molecule has 0 aliphatic heterocycles. The van der Waals surface area contributed by atoms with Crippen LogP contribution in [0.5, 0.6) is 0 Å². The Kier molecular flexibility index (Phi) is 3.62. The van der Waals surface area contributed by atoms with Crippen LogP contribution in [0, 0.1) is 4.77 Å². The Hall–Kier alpha value is -1.99. The van der Waals surface area contributed by atoms with Crippen molar-refractivity contribution in [3.63, 3.8) is 0 Å². The topological polar surface area (TPSA) is 59.1 Å². The van der Waals surface area contributed by atoms with Crippen LogP contribution in [-0.2, 0) is 0 Å². The molecule has 0 aliphatic rings. The van der Waals surface area contributed by atoms with Gasteiger partial charge in [-0.3, -0.25) is 0 Å². The molecule has 0 fully saturated rings. The van der Waals surface area contributed by atoms with E-state index < -0.39 is 0 Å². The van der Waals surface area contributed by atoms with Gasteiger partial charge in [-0.15, -0.1) is 5.10 Å². The molecule has 0 amide bonds. The monoisotopic (exact) mass is 348 g/mol. The lowest BCUT2D eigenvalue weighted by atomic mass is 10.2. The maximum absolute atomic E-state index is 5.31. The highest BCUT2D eigenvalue weighted by Crippen LogP contribution is 2.17. The summed E-state index contributed by atoms with van der Waals surface area (Å²) in [5.41, 5.74) is 0.952. The molecule has 0 saturated carbocycles. The van der Waals surface area contributed by atoms with Crippen molar-refractivity contribution in [2.75, 3.05) is 0 Å². The van der Waals surface area contributed by atoms with Crippen LogP contribution in [0.2, 0.25) is 0 Å². The molecule has 2 aromatic heterocycles. The SMILES string of the molecule is S=c1[nH]nc(-c2ccco2)n1N=Cc1cccc(Br)c1. The molecule has 1 N–H and O–H groups in total. The Labute approximate surface area is 128 Å². The molecule has 2 heterocycles. The molecule has 1 aromatic carbocycles. The van der Waals surface area contributed by atoms with E-state index in [-0.39, 0.29) is 0 Å². The number of furan rings is 1. The summed E-state index contributed by atoms with van der Waals surface area (Å²) in [6, 6.07) is 11.4. The number of nitrogens with zero attached hydrogens (tertiary/aromatic N) is 3. The van der Waals surface area contributed by atoms with E-state index in [1.54, 1.807) is 24.6 Å². The summed E-state index contributed by atoms with van der Waals surface area (Å²) in [4.78, 5) is 0. The van der Waals surface area contributed by atoms with E-state index in [0.717, 1.165) is 10.0 Å². The van der Waals surface area contributed by atoms with Crippen LogP contribution >= 0.6 is 28.1 Å². The fourth-order valence-electron chi connectivity index (χ4n) is 1.68. The van der Waals surface area contributed by atoms with Gasteiger partial charge in [-0.25, -0.2) is 5.10 Å². The van der Waals surface area contributed by atoms with Crippen LogP contribution in [0.25, 0.3) is 11.6 Å². The molecule has 20 heavy (non-hydrogen) atoms. The van der Waals surface area contributed by atoms with Gasteiger partial charge in [-0.1, -0.05) is 28.1 Å². The Morgan fingerprint density at radius 3 is 3.00 bits per heavy atom. The van der Waals surface area contributed by atoms with Gasteiger partial charge in [0.05, 0.1) is 12.5 Å². The largest absolute Gasteiger partial charge is 0.461 e. The fraction of sp³-hybridized carbons (Fsp3) is 0. The molecule has 5 nitrogen and oxygen atoms in total. The van der Waals surface area contributed by atoms with Gasteiger partial charge in [0.2, 0.25) is 10.6 Å². The van der Waals surface area contributed by atoms with Gasteiger partial charge in [0.1, 0.15) is 0 Å². The first-order valence-electron chi connectivity index (χ1n) is 5.75. The number of hydrogen-bond acceptors (Lipinski definition) is 4. The Bertz CT molecular complexity index is 804. The van der Waals surface area contributed by atoms with Crippen LogP contribution in [0.3, 0.4) is 0 Å². The Morgan fingerprint density at radius 1 is 1.35 bits per heavy atom. The summed E-state index contributed by atoms with van der Waals surface area (Å²) < 4.78 is 8.23. The van der Waals surface area contributed by atoms with Gasteiger partial charge in [0.25, 0.3) is 0 Å². The summed E-state index contributed by atoms with van der Waals surface area (Å²) in [5, 5.41) is 11.2. The van der Waals surface area contributed by atoms with Crippen molar-refractivity contribution in [2.45, 2.75) is 0 Å². The van der Waals surface area contributed by atoms with Crippen molar-refractivity contribution in [3.8, 4) is 11.6 Å². The molecule has 3 rings (SSSR count). The van der Waals surface area contributed by atoms with E-state index in [9.17, 15) is 0 Å². The molecule has 0 bridgehead atoms. The van der Waals surface area contributed by atoms with E-state index in [1.165, 1.54) is 4.68 Å². The summed E-state index contributed by atoms with van der Waals surface area (Å²) in [6.45, 7) is 0. The second kappa shape index (κ2) is 5.56. The van der Waals surface area contributed by atoms with E-state index in [2.05, 4.69) is 31.2 Å². The first-order chi connectivity index (χ1) is 9.74. The third-order valence-corrected chi connectivity index (χ3v) is 3.32. The normalized spacial score (nSPS) is 11.2. The van der Waals surface area contributed by atoms with Crippen molar-refractivity contribution < 1.29 is 4.42 Å². The molecule has 3 aromatic rings. The first kappa shape index (κ1) is 13.0. The number of benzene rings is 1. The van der Waals surface area contributed by atoms with Gasteiger partial charge in [0, 0.05) is 4.47 Å². The first-order valence-corrected chi connectivity index (χ1v) is 6.95. The van der Waals surface area contributed by atoms with Crippen molar-refractivity contribution in [2.24, 2.45) is 5.10 Å². The van der Waals surface area contributed by atoms with Crippen LogP contribution in [0.1, 0.15) is 5.56 Å². The predicted molar refractivity (Wildman–Crippen MR) is 82.2 cm³/mol. The summed E-state index contributed by atoms with van der Waals surface area (Å²) >= 11 is 8.59. The van der Waals surface area contributed by atoms with E-state index >= 15 is 0 Å². The van der Waals surface area contributed by atoms with Crippen LogP contribution in [-0.4, -0.2) is 21.1 Å². The predicted octanol–water partition coefficient (Wildman–Crippen LogP) is 3.85. The molecule has 0 spiro atoms. The lowest BCUT2D eigenvalue weighted by molar-refractivity contribution is 0.573. The molecule has 0 radical (unpaired) electrons. The maximum Gasteiger partial charge on any atom is 0.219 e. The number of nitrogens with one attached hydrogen (secondary N) is 1. The van der Waals surface area contributed by atoms with Crippen LogP contribution < -0.4 is 0 Å². The number of halogens is 1. The molecular formula is C13H9BrN4OS. The molecule has 0 unspecified atom stereocenters. The molecule has 100 valence electrons. The number of aromatic amines is 1. The van der Waals surface area contributed by atoms with Gasteiger partial charge in [0.15, 0.2) is 5.76 Å². The fourth-order valence-corrected chi connectivity index (χ4v) is 2.27. The van der Waals surface area contributed by atoms with Crippen molar-refractivity contribution >= 4 is 34.4 Å². The number of rotatable bonds is 3. The van der Waals surface area contributed by atoms with E-state index in [1.807, 2.05) is 24.3 Å². The smallest absolute Gasteiger partial charge is 0.219 e. The average Bonchev–Trinajstić information content (AvgIpc) is 3.06. The van der Waals surface area contributed by atoms with Crippen molar-refractivity contribution in [3.05, 3.63) is 57.5 Å². The summed E-state index contributed by atoms with van der Waals surface area (Å²) in [5.74, 6) is 1.13. The number of hydrogen-bond donors (Lipinski definition) is 1. The van der Waals surface area contributed by atoms with Gasteiger partial charge >= 0.3 is 0 Å². The average molecular weight is 349 g/mol. The highest BCUT2D eigenvalue weighted by atomic mass is 79.9. The maximum atomic E-state index is 5.31. The van der Waals surface area contributed by atoms with E-state index in [0.29, 0.717) is 16.4 Å². The van der Waals surface area contributed by atoms with Gasteiger partial charge in [-0.2, -0.15) is 9.78 Å². The highest BCUT2D eigenvalue weighted by molar-refractivity contribution is 9.10. The molecule has 0 atom stereocenters. The standard InChI is InChI=1S/C13H9BrN4OS/c14-10-4-1-3-9(7-10)8-15-18-12(16-17-13(18)20)11-5-2-6-19-11/h1-8H,(H,17,20). The number of aromatic nitrogens is 3. The molecule has 0 saturated heterocycles. The molecule has 0 aliphatic carbocycles. The quantitative estimate of drug-likeness (QED) is 0.577. The summed E-state index contributed by atoms with van der Waals surface area (Å²) in [6.07, 6.45) is 3.29. The minimum Gasteiger partial charge on any atom is -0.461 e. The van der Waals surface area contributed by atoms with Crippen LogP contribution in [0.4, 0.5) is 0 Å². The number of H-pyrrole nitrogens is 1. The Balaban J connectivity index is 1.99. The van der Waals surface area contributed by atoms with E-state index in [4.69, 9.17) is 16.6 Å². The second-order valence-electron chi connectivity index (χ2n) is 3.94. The van der Waals surface area contributed by atoms with Gasteiger partial charge in [-0.05, 0) is 42.0 Å². The minimum absolute atomic E-state index is 0.405. The lowest BCUT2D eigenvalue weighted by Gasteiger charge is -1.97. The second-order valence-corrected chi connectivity index (χ2v) is 5.24. The van der Waals surface area contributed by atoms with Crippen molar-refractivity contribution in [1.29, 1.82) is 0 Å².